The molecule has 1 atom stereocenters. The maximum absolute atomic E-state index is 12.3. The normalized spacial score (nSPS) is 13.4. The lowest BCUT2D eigenvalue weighted by Crippen LogP contribution is -2.38. The third-order valence-electron chi connectivity index (χ3n) is 2.46. The van der Waals surface area contributed by atoms with Gasteiger partial charge >= 0.3 is 0 Å². The Labute approximate surface area is 121 Å². The molecule has 0 aromatic carbocycles. The van der Waals surface area contributed by atoms with Gasteiger partial charge in [0, 0.05) is 23.8 Å². The molecular weight excluding hydrogens is 334 g/mol. The van der Waals surface area contributed by atoms with Crippen LogP contribution < -0.4 is 10.5 Å². The van der Waals surface area contributed by atoms with Crippen LogP contribution in [-0.2, 0) is 14.8 Å². The minimum atomic E-state index is -3.70. The number of nitrogens with zero attached hydrogens (tertiary/aromatic N) is 1. The number of nitrogens with one attached hydrogen (secondary N) is 1. The number of rotatable bonds is 7. The molecule has 0 aliphatic carbocycles. The van der Waals surface area contributed by atoms with Gasteiger partial charge in [-0.3, -0.25) is 0 Å². The number of pyridine rings is 1. The predicted molar refractivity (Wildman–Crippen MR) is 77.2 cm³/mol. The van der Waals surface area contributed by atoms with Crippen LogP contribution in [0.25, 0.3) is 0 Å². The number of halogens is 1. The summed E-state index contributed by atoms with van der Waals surface area (Å²) in [4.78, 5) is 3.80. The second-order valence-electron chi connectivity index (χ2n) is 4.10. The smallest absolute Gasteiger partial charge is 0.244 e. The van der Waals surface area contributed by atoms with Crippen LogP contribution in [0.15, 0.2) is 21.6 Å². The van der Waals surface area contributed by atoms with E-state index in [4.69, 9.17) is 10.5 Å². The summed E-state index contributed by atoms with van der Waals surface area (Å²) in [7, 11) is -2.17. The lowest BCUT2D eigenvalue weighted by atomic mass is 10.2. The van der Waals surface area contributed by atoms with Crippen LogP contribution in [0.4, 0.5) is 5.82 Å². The first-order valence-corrected chi connectivity index (χ1v) is 8.10. The molecule has 3 N–H and O–H groups in total. The van der Waals surface area contributed by atoms with E-state index in [-0.39, 0.29) is 16.8 Å². The Kier molecular flexibility index (Phi) is 6.18. The molecule has 0 saturated heterocycles. The molecule has 108 valence electrons. The fraction of sp³-hybridized carbons (Fsp3) is 0.545. The van der Waals surface area contributed by atoms with Crippen LogP contribution in [0.3, 0.4) is 0 Å². The molecule has 1 aromatic heterocycles. The first kappa shape index (κ1) is 16.4. The summed E-state index contributed by atoms with van der Waals surface area (Å²) < 4.78 is 32.7. The van der Waals surface area contributed by atoms with Crippen LogP contribution in [0.1, 0.15) is 19.8 Å². The standard InChI is InChI=1S/C11H18BrN3O3S/c1-3-4-9(7-18-2)15-19(16,17)10-5-8(12)6-14-11(10)13/h5-6,9,15H,3-4,7H2,1-2H3,(H2,13,14). The lowest BCUT2D eigenvalue weighted by molar-refractivity contribution is 0.171. The number of ether oxygens (including phenoxy) is 1. The van der Waals surface area contributed by atoms with E-state index >= 15 is 0 Å². The Bertz CT molecular complexity index is 516. The van der Waals surface area contributed by atoms with Crippen molar-refractivity contribution in [2.45, 2.75) is 30.7 Å². The van der Waals surface area contributed by atoms with Crippen molar-refractivity contribution in [2.24, 2.45) is 0 Å². The molecular formula is C11H18BrN3O3S. The van der Waals surface area contributed by atoms with Gasteiger partial charge in [0.05, 0.1) is 6.61 Å². The molecule has 0 aliphatic heterocycles. The van der Waals surface area contributed by atoms with Crippen LogP contribution in [0.5, 0.6) is 0 Å². The zero-order valence-corrected chi connectivity index (χ0v) is 13.3. The van der Waals surface area contributed by atoms with E-state index in [2.05, 4.69) is 25.6 Å². The van der Waals surface area contributed by atoms with Crippen molar-refractivity contribution in [3.8, 4) is 0 Å². The number of hydrogen-bond acceptors (Lipinski definition) is 5. The van der Waals surface area contributed by atoms with E-state index in [1.165, 1.54) is 19.4 Å². The van der Waals surface area contributed by atoms with E-state index in [9.17, 15) is 8.42 Å². The van der Waals surface area contributed by atoms with E-state index in [1.54, 1.807) is 0 Å². The molecule has 0 aliphatic rings. The van der Waals surface area contributed by atoms with Crippen molar-refractivity contribution in [1.29, 1.82) is 0 Å². The first-order chi connectivity index (χ1) is 8.90. The molecule has 1 aromatic rings. The molecule has 19 heavy (non-hydrogen) atoms. The van der Waals surface area contributed by atoms with Crippen molar-refractivity contribution in [2.75, 3.05) is 19.5 Å². The summed E-state index contributed by atoms with van der Waals surface area (Å²) in [5.41, 5.74) is 5.62. The predicted octanol–water partition coefficient (Wildman–Crippen LogP) is 1.52. The Balaban J connectivity index is 2.99. The monoisotopic (exact) mass is 351 g/mol. The second kappa shape index (κ2) is 7.18. The molecule has 6 nitrogen and oxygen atoms in total. The molecule has 0 amide bonds. The lowest BCUT2D eigenvalue weighted by Gasteiger charge is -2.17. The van der Waals surface area contributed by atoms with Gasteiger partial charge in [-0.05, 0) is 28.4 Å². The maximum Gasteiger partial charge on any atom is 0.244 e. The van der Waals surface area contributed by atoms with Crippen molar-refractivity contribution in [3.63, 3.8) is 0 Å². The van der Waals surface area contributed by atoms with Crippen molar-refractivity contribution in [1.82, 2.24) is 9.71 Å². The highest BCUT2D eigenvalue weighted by atomic mass is 79.9. The number of aromatic nitrogens is 1. The zero-order chi connectivity index (χ0) is 14.5. The van der Waals surface area contributed by atoms with Gasteiger partial charge in [-0.25, -0.2) is 18.1 Å². The molecule has 0 bridgehead atoms. The van der Waals surface area contributed by atoms with Crippen molar-refractivity contribution in [3.05, 3.63) is 16.7 Å². The molecule has 8 heteroatoms. The van der Waals surface area contributed by atoms with Gasteiger partial charge < -0.3 is 10.5 Å². The Morgan fingerprint density at radius 3 is 2.84 bits per heavy atom. The average molecular weight is 352 g/mol. The molecule has 0 fully saturated rings. The zero-order valence-electron chi connectivity index (χ0n) is 10.9. The SMILES string of the molecule is CCCC(COC)NS(=O)(=O)c1cc(Br)cnc1N. The minimum absolute atomic E-state index is 0.0247. The fourth-order valence-corrected chi connectivity index (χ4v) is 3.50. The molecule has 1 heterocycles. The Morgan fingerprint density at radius 1 is 1.58 bits per heavy atom. The van der Waals surface area contributed by atoms with Crippen LogP contribution in [0.2, 0.25) is 0 Å². The van der Waals surface area contributed by atoms with Crippen LogP contribution in [0, 0.1) is 0 Å². The highest BCUT2D eigenvalue weighted by Crippen LogP contribution is 2.20. The van der Waals surface area contributed by atoms with Gasteiger partial charge in [0.2, 0.25) is 10.0 Å². The summed E-state index contributed by atoms with van der Waals surface area (Å²) in [5, 5.41) is 0. The summed E-state index contributed by atoms with van der Waals surface area (Å²) in [5.74, 6) is -0.0247. The van der Waals surface area contributed by atoms with Crippen molar-refractivity contribution < 1.29 is 13.2 Å². The Hall–Kier alpha value is -0.700. The van der Waals surface area contributed by atoms with Gasteiger partial charge in [0.25, 0.3) is 0 Å². The molecule has 0 radical (unpaired) electrons. The number of methoxy groups -OCH3 is 1. The molecule has 1 rings (SSSR count). The Morgan fingerprint density at radius 2 is 2.26 bits per heavy atom. The van der Waals surface area contributed by atoms with E-state index in [1.807, 2.05) is 6.92 Å². The highest BCUT2D eigenvalue weighted by Gasteiger charge is 2.22. The number of nitrogens with two attached hydrogens (primary N) is 1. The van der Waals surface area contributed by atoms with Gasteiger partial charge in [-0.2, -0.15) is 0 Å². The number of anilines is 1. The number of nitrogen functional groups attached to an aromatic ring is 1. The summed E-state index contributed by atoms with van der Waals surface area (Å²) >= 11 is 3.18. The van der Waals surface area contributed by atoms with Gasteiger partial charge in [-0.1, -0.05) is 13.3 Å². The third-order valence-corrected chi connectivity index (χ3v) is 4.45. The average Bonchev–Trinajstić information content (AvgIpc) is 2.32. The van der Waals surface area contributed by atoms with Gasteiger partial charge in [-0.15, -0.1) is 0 Å². The third kappa shape index (κ3) is 4.72. The fourth-order valence-electron chi connectivity index (χ4n) is 1.66. The summed E-state index contributed by atoms with van der Waals surface area (Å²) in [6.07, 6.45) is 2.99. The molecule has 0 spiro atoms. The van der Waals surface area contributed by atoms with Crippen LogP contribution in [-0.4, -0.2) is 33.2 Å². The molecule has 0 saturated carbocycles. The topological polar surface area (TPSA) is 94.3 Å². The summed E-state index contributed by atoms with van der Waals surface area (Å²) in [6, 6.07) is 1.15. The first-order valence-electron chi connectivity index (χ1n) is 5.83. The van der Waals surface area contributed by atoms with E-state index < -0.39 is 10.0 Å². The van der Waals surface area contributed by atoms with Crippen molar-refractivity contribution >= 4 is 31.8 Å². The minimum Gasteiger partial charge on any atom is -0.383 e. The highest BCUT2D eigenvalue weighted by molar-refractivity contribution is 9.10. The maximum atomic E-state index is 12.3. The second-order valence-corrected chi connectivity index (χ2v) is 6.70. The number of sulfonamides is 1. The summed E-state index contributed by atoms with van der Waals surface area (Å²) in [6.45, 7) is 2.29. The van der Waals surface area contributed by atoms with E-state index in [0.29, 0.717) is 17.5 Å². The van der Waals surface area contributed by atoms with Gasteiger partial charge in [0.15, 0.2) is 0 Å². The van der Waals surface area contributed by atoms with E-state index in [0.717, 1.165) is 6.42 Å². The largest absolute Gasteiger partial charge is 0.383 e. The van der Waals surface area contributed by atoms with Crippen LogP contribution >= 0.6 is 15.9 Å². The quantitative estimate of drug-likeness (QED) is 0.776. The number of hydrogen-bond donors (Lipinski definition) is 2. The molecule has 1 unspecified atom stereocenters. The van der Waals surface area contributed by atoms with Gasteiger partial charge in [0.1, 0.15) is 10.7 Å².